The first-order valence-electron chi connectivity index (χ1n) is 14.3. The maximum Gasteiger partial charge on any atom is 0.237 e. The van der Waals surface area contributed by atoms with Gasteiger partial charge in [-0.15, -0.1) is 0 Å². The minimum Gasteiger partial charge on any atom is -0.389 e. The fourth-order valence-corrected chi connectivity index (χ4v) is 8.26. The van der Waals surface area contributed by atoms with Gasteiger partial charge in [-0.05, 0) is 55.7 Å². The van der Waals surface area contributed by atoms with Crippen LogP contribution in [0.3, 0.4) is 0 Å². The van der Waals surface area contributed by atoms with Crippen molar-refractivity contribution in [3.05, 3.63) is 59.8 Å². The van der Waals surface area contributed by atoms with Crippen molar-refractivity contribution in [3.8, 4) is 0 Å². The van der Waals surface area contributed by atoms with E-state index in [1.165, 1.54) is 0 Å². The van der Waals surface area contributed by atoms with Gasteiger partial charge in [-0.2, -0.15) is 0 Å². The molecule has 4 N–H and O–H groups in total. The standard InChI is InChI=1S/C32H38N2O6/c1-17-8-7-10-22-28(38)30(4)19(3)27-31(40-30,15-20-16-33-23-11-6-5-9-21(20)23)34-29(39)32(22,27)25(36)13-12-24(35)26(37)18(2)14-17/h5-7,9-11,14,16-17,19,22,24,27-28,33,35,38H,8,12-13,15H2,1-4H3,(H,34,39)/b10-7-,18-14-/t17?,19-,22-,24?,27-,28?,30+,31+,32-/m0/s1. The molecule has 212 valence electrons. The van der Waals surface area contributed by atoms with Gasteiger partial charge in [0, 0.05) is 41.8 Å². The Hall–Kier alpha value is -3.07. The number of ketones is 2. The van der Waals surface area contributed by atoms with Crippen LogP contribution in [0.5, 0.6) is 0 Å². The molecule has 2 aromatic rings. The number of fused-ring (bicyclic) bond motifs is 2. The molecule has 3 fully saturated rings. The molecular formula is C32H38N2O6. The molecule has 9 atom stereocenters. The third-order valence-corrected chi connectivity index (χ3v) is 10.3. The molecule has 1 spiro atoms. The van der Waals surface area contributed by atoms with Crippen LogP contribution >= 0.6 is 0 Å². The third-order valence-electron chi connectivity index (χ3n) is 10.3. The number of para-hydroxylation sites is 1. The lowest BCUT2D eigenvalue weighted by Gasteiger charge is -2.50. The zero-order chi connectivity index (χ0) is 28.6. The van der Waals surface area contributed by atoms with Crippen LogP contribution in [-0.4, -0.2) is 56.2 Å². The monoisotopic (exact) mass is 546 g/mol. The lowest BCUT2D eigenvalue weighted by atomic mass is 9.50. The van der Waals surface area contributed by atoms with Crippen molar-refractivity contribution in [1.29, 1.82) is 0 Å². The summed E-state index contributed by atoms with van der Waals surface area (Å²) in [5.74, 6) is -2.95. The number of aliphatic hydroxyl groups excluding tert-OH is 2. The summed E-state index contributed by atoms with van der Waals surface area (Å²) < 4.78 is 6.80. The van der Waals surface area contributed by atoms with E-state index in [4.69, 9.17) is 4.74 Å². The van der Waals surface area contributed by atoms with E-state index in [1.54, 1.807) is 6.92 Å². The summed E-state index contributed by atoms with van der Waals surface area (Å²) in [4.78, 5) is 44.7. The molecule has 2 aliphatic heterocycles. The summed E-state index contributed by atoms with van der Waals surface area (Å²) in [5.41, 5.74) is -1.44. The van der Waals surface area contributed by atoms with Crippen molar-refractivity contribution in [1.82, 2.24) is 10.3 Å². The van der Waals surface area contributed by atoms with Gasteiger partial charge in [0.05, 0.1) is 11.7 Å². The number of amides is 1. The van der Waals surface area contributed by atoms with Crippen LogP contribution < -0.4 is 5.32 Å². The minimum absolute atomic E-state index is 0.0126. The second-order valence-electron chi connectivity index (χ2n) is 12.6. The lowest BCUT2D eigenvalue weighted by Crippen LogP contribution is -2.64. The summed E-state index contributed by atoms with van der Waals surface area (Å²) in [5, 5.41) is 26.8. The van der Waals surface area contributed by atoms with Crippen molar-refractivity contribution >= 4 is 28.4 Å². The maximum absolute atomic E-state index is 14.4. The molecule has 1 aromatic heterocycles. The molecule has 2 bridgehead atoms. The van der Waals surface area contributed by atoms with E-state index < -0.39 is 52.5 Å². The Bertz CT molecular complexity index is 1460. The van der Waals surface area contributed by atoms with E-state index in [0.717, 1.165) is 16.5 Å². The molecule has 8 heteroatoms. The average Bonchev–Trinajstić information content (AvgIpc) is 3.48. The highest BCUT2D eigenvalue weighted by Crippen LogP contribution is 2.67. The summed E-state index contributed by atoms with van der Waals surface area (Å²) >= 11 is 0. The van der Waals surface area contributed by atoms with E-state index in [2.05, 4.69) is 10.3 Å². The van der Waals surface area contributed by atoms with Crippen molar-refractivity contribution in [2.24, 2.45) is 29.1 Å². The van der Waals surface area contributed by atoms with Crippen molar-refractivity contribution in [2.45, 2.75) is 76.9 Å². The Labute approximate surface area is 233 Å². The summed E-state index contributed by atoms with van der Waals surface area (Å²) in [7, 11) is 0. The minimum atomic E-state index is -1.60. The number of aromatic amines is 1. The van der Waals surface area contributed by atoms with Gasteiger partial charge in [-0.25, -0.2) is 0 Å². The SMILES string of the molecule is C/C1=C/C(C)C/C=C\[C@H]2C(O)[C@]3(C)O[C@@]4(Cc5c[nH]c6ccccc56)NC(=O)[C@@]2(C(=O)CCC(O)C1=O)[C@H]4[C@@H]3C. The van der Waals surface area contributed by atoms with Crippen LogP contribution in [0.1, 0.15) is 52.5 Å². The summed E-state index contributed by atoms with van der Waals surface area (Å²) in [6, 6.07) is 7.90. The van der Waals surface area contributed by atoms with E-state index >= 15 is 0 Å². The molecule has 6 rings (SSSR count). The average molecular weight is 547 g/mol. The van der Waals surface area contributed by atoms with Crippen molar-refractivity contribution in [2.75, 3.05) is 0 Å². The van der Waals surface area contributed by atoms with Crippen molar-refractivity contribution < 1.29 is 29.3 Å². The van der Waals surface area contributed by atoms with Gasteiger partial charge in [-0.3, -0.25) is 14.4 Å². The first-order valence-corrected chi connectivity index (χ1v) is 14.3. The highest BCUT2D eigenvalue weighted by atomic mass is 16.6. The molecule has 8 nitrogen and oxygen atoms in total. The Morgan fingerprint density at radius 2 is 1.88 bits per heavy atom. The number of carbonyl (C=O) groups is 3. The third kappa shape index (κ3) is 3.58. The number of aliphatic hydroxyl groups is 2. The smallest absolute Gasteiger partial charge is 0.237 e. The predicted molar refractivity (Wildman–Crippen MR) is 149 cm³/mol. The predicted octanol–water partition coefficient (Wildman–Crippen LogP) is 3.38. The van der Waals surface area contributed by atoms with Gasteiger partial charge in [0.1, 0.15) is 17.3 Å². The molecule has 2 saturated heterocycles. The zero-order valence-electron chi connectivity index (χ0n) is 23.4. The molecule has 2 aliphatic carbocycles. The summed E-state index contributed by atoms with van der Waals surface area (Å²) in [6.07, 6.45) is 5.64. The topological polar surface area (TPSA) is 129 Å². The van der Waals surface area contributed by atoms with Crippen LogP contribution in [0.15, 0.2) is 54.3 Å². The number of H-pyrrole nitrogens is 1. The number of ether oxygens (including phenoxy) is 1. The molecular weight excluding hydrogens is 508 g/mol. The van der Waals surface area contributed by atoms with Crippen LogP contribution in [0.25, 0.3) is 10.9 Å². The molecule has 1 aromatic carbocycles. The fraction of sp³-hybridized carbons (Fsp3) is 0.531. The molecule has 1 amide bonds. The van der Waals surface area contributed by atoms with Crippen LogP contribution in [0.2, 0.25) is 0 Å². The molecule has 4 aliphatic rings. The Morgan fingerprint density at radius 3 is 2.65 bits per heavy atom. The number of rotatable bonds is 2. The fourth-order valence-electron chi connectivity index (χ4n) is 8.26. The quantitative estimate of drug-likeness (QED) is 0.338. The first kappa shape index (κ1) is 27.1. The first-order chi connectivity index (χ1) is 19.0. The van der Waals surface area contributed by atoms with E-state index in [9.17, 15) is 24.6 Å². The highest BCUT2D eigenvalue weighted by Gasteiger charge is 2.82. The second kappa shape index (κ2) is 9.23. The van der Waals surface area contributed by atoms with Crippen LogP contribution in [-0.2, 0) is 25.5 Å². The number of carbonyl (C=O) groups excluding carboxylic acids is 3. The number of Topliss-reactive ketones (excluding diaryl/α,β-unsaturated/α-hetero) is 2. The molecule has 3 heterocycles. The number of hydrogen-bond donors (Lipinski definition) is 4. The van der Waals surface area contributed by atoms with E-state index in [0.29, 0.717) is 18.4 Å². The lowest BCUT2D eigenvalue weighted by molar-refractivity contribution is -0.191. The van der Waals surface area contributed by atoms with Gasteiger partial charge < -0.3 is 25.3 Å². The Kier molecular flexibility index (Phi) is 6.25. The van der Waals surface area contributed by atoms with Gasteiger partial charge in [0.25, 0.3) is 0 Å². The number of nitrogens with one attached hydrogen (secondary N) is 2. The number of allylic oxidation sites excluding steroid dienone is 2. The van der Waals surface area contributed by atoms with Gasteiger partial charge in [0.15, 0.2) is 11.5 Å². The second-order valence-corrected chi connectivity index (χ2v) is 12.6. The Morgan fingerprint density at radius 1 is 1.12 bits per heavy atom. The molecule has 0 radical (unpaired) electrons. The largest absolute Gasteiger partial charge is 0.389 e. The van der Waals surface area contributed by atoms with Gasteiger partial charge in [-0.1, -0.05) is 50.3 Å². The zero-order valence-corrected chi connectivity index (χ0v) is 23.4. The molecule has 1 saturated carbocycles. The highest BCUT2D eigenvalue weighted by molar-refractivity contribution is 6.10. The van der Waals surface area contributed by atoms with E-state index in [1.807, 2.05) is 69.5 Å². The maximum atomic E-state index is 14.4. The molecule has 3 unspecified atom stereocenters. The van der Waals surface area contributed by atoms with Gasteiger partial charge in [0.2, 0.25) is 5.91 Å². The summed E-state index contributed by atoms with van der Waals surface area (Å²) in [6.45, 7) is 7.48. The normalized spacial score (nSPS) is 43.8. The number of aromatic nitrogens is 1. The van der Waals surface area contributed by atoms with Crippen LogP contribution in [0, 0.1) is 29.1 Å². The van der Waals surface area contributed by atoms with Crippen molar-refractivity contribution in [3.63, 3.8) is 0 Å². The van der Waals surface area contributed by atoms with Crippen LogP contribution in [0.4, 0.5) is 0 Å². The Balaban J connectivity index is 1.49. The number of benzene rings is 1. The van der Waals surface area contributed by atoms with E-state index in [-0.39, 0.29) is 30.5 Å². The van der Waals surface area contributed by atoms with Gasteiger partial charge >= 0.3 is 0 Å². The molecule has 40 heavy (non-hydrogen) atoms. The number of hydrogen-bond acceptors (Lipinski definition) is 6.